The number of halogens is 1. The summed E-state index contributed by atoms with van der Waals surface area (Å²) in [6.45, 7) is 0.740. The van der Waals surface area contributed by atoms with Gasteiger partial charge in [-0.15, -0.1) is 0 Å². The molecule has 0 aliphatic carbocycles. The second-order valence-electron chi connectivity index (χ2n) is 3.13. The quantitative estimate of drug-likeness (QED) is 0.697. The zero-order valence-corrected chi connectivity index (χ0v) is 7.06. The maximum Gasteiger partial charge on any atom is 0.297 e. The van der Waals surface area contributed by atoms with E-state index in [0.717, 1.165) is 0 Å². The molecule has 1 aromatic rings. The van der Waals surface area contributed by atoms with E-state index in [-0.39, 0.29) is 6.54 Å². The first-order valence-electron chi connectivity index (χ1n) is 4.24. The molecule has 1 saturated heterocycles. The molecule has 0 amide bonds. The molecular weight excluding hydrogens is 175 g/mol. The lowest BCUT2D eigenvalue weighted by atomic mass is 10.1. The molecule has 4 nitrogen and oxygen atoms in total. The second-order valence-corrected chi connectivity index (χ2v) is 3.13. The Morgan fingerprint density at radius 1 is 1.69 bits per heavy atom. The fourth-order valence-electron chi connectivity index (χ4n) is 1.44. The van der Waals surface area contributed by atoms with E-state index in [0.29, 0.717) is 19.0 Å². The summed E-state index contributed by atoms with van der Waals surface area (Å²) in [6, 6.07) is 0.426. The monoisotopic (exact) mass is 186 g/mol. The molecule has 0 saturated carbocycles. The Morgan fingerprint density at radius 2 is 2.54 bits per heavy atom. The number of oxazole rings is 1. The lowest BCUT2D eigenvalue weighted by Crippen LogP contribution is -2.44. The zero-order valence-electron chi connectivity index (χ0n) is 7.06. The van der Waals surface area contributed by atoms with Crippen LogP contribution in [0.5, 0.6) is 0 Å². The van der Waals surface area contributed by atoms with Crippen LogP contribution in [-0.4, -0.2) is 35.5 Å². The van der Waals surface area contributed by atoms with E-state index < -0.39 is 12.3 Å². The van der Waals surface area contributed by atoms with E-state index in [1.54, 1.807) is 4.90 Å². The van der Waals surface area contributed by atoms with Gasteiger partial charge in [-0.3, -0.25) is 0 Å². The Labute approximate surface area is 75.0 Å². The minimum atomic E-state index is -1.21. The molecule has 0 radical (unpaired) electrons. The summed E-state index contributed by atoms with van der Waals surface area (Å²) in [7, 11) is 0. The number of nitrogens with zero attached hydrogens (tertiary/aromatic N) is 2. The lowest BCUT2D eigenvalue weighted by Gasteiger charge is -2.30. The van der Waals surface area contributed by atoms with Crippen molar-refractivity contribution in [2.24, 2.45) is 0 Å². The lowest BCUT2D eigenvalue weighted by molar-refractivity contribution is 0.0603. The number of hydrogen-bond donors (Lipinski definition) is 1. The van der Waals surface area contributed by atoms with E-state index in [1.165, 1.54) is 12.5 Å². The van der Waals surface area contributed by atoms with Gasteiger partial charge in [0.25, 0.3) is 6.01 Å². The Kier molecular flexibility index (Phi) is 2.18. The van der Waals surface area contributed by atoms with E-state index in [4.69, 9.17) is 9.52 Å². The smallest absolute Gasteiger partial charge is 0.297 e. The summed E-state index contributed by atoms with van der Waals surface area (Å²) < 4.78 is 18.1. The summed E-state index contributed by atoms with van der Waals surface area (Å²) in [5.74, 6) is 0. The number of aliphatic hydroxyl groups is 1. The number of aliphatic hydroxyl groups excluding tert-OH is 1. The van der Waals surface area contributed by atoms with Crippen LogP contribution in [-0.2, 0) is 0 Å². The summed E-state index contributed by atoms with van der Waals surface area (Å²) in [5.41, 5.74) is 0. The third-order valence-electron chi connectivity index (χ3n) is 2.20. The second kappa shape index (κ2) is 3.33. The van der Waals surface area contributed by atoms with Crippen molar-refractivity contribution < 1.29 is 13.9 Å². The van der Waals surface area contributed by atoms with Gasteiger partial charge < -0.3 is 14.4 Å². The molecule has 1 aliphatic heterocycles. The first kappa shape index (κ1) is 8.50. The fraction of sp³-hybridized carbons (Fsp3) is 0.625. The zero-order chi connectivity index (χ0) is 9.26. The van der Waals surface area contributed by atoms with Crippen molar-refractivity contribution in [3.05, 3.63) is 12.5 Å². The maximum atomic E-state index is 13.1. The van der Waals surface area contributed by atoms with Gasteiger partial charge in [-0.25, -0.2) is 9.37 Å². The number of rotatable bonds is 1. The van der Waals surface area contributed by atoms with Crippen molar-refractivity contribution in [2.75, 3.05) is 18.0 Å². The highest BCUT2D eigenvalue weighted by molar-refractivity contribution is 5.26. The average molecular weight is 186 g/mol. The molecule has 0 bridgehead atoms. The maximum absolute atomic E-state index is 13.1. The molecule has 1 aliphatic rings. The molecule has 2 rings (SSSR count). The SMILES string of the molecule is OC1CCN(c2ncco2)CC1F. The largest absolute Gasteiger partial charge is 0.432 e. The summed E-state index contributed by atoms with van der Waals surface area (Å²) in [4.78, 5) is 5.60. The van der Waals surface area contributed by atoms with Crippen LogP contribution in [0.25, 0.3) is 0 Å². The normalized spacial score (nSPS) is 29.2. The molecule has 2 unspecified atom stereocenters. The van der Waals surface area contributed by atoms with Gasteiger partial charge in [-0.2, -0.15) is 0 Å². The Balaban J connectivity index is 2.03. The van der Waals surface area contributed by atoms with Crippen LogP contribution in [0.1, 0.15) is 6.42 Å². The van der Waals surface area contributed by atoms with Crippen molar-refractivity contribution >= 4 is 6.01 Å². The number of alkyl halides is 1. The minimum Gasteiger partial charge on any atom is -0.432 e. The number of hydrogen-bond acceptors (Lipinski definition) is 4. The van der Waals surface area contributed by atoms with E-state index in [1.807, 2.05) is 0 Å². The predicted octanol–water partition coefficient (Wildman–Crippen LogP) is 0.584. The highest BCUT2D eigenvalue weighted by atomic mass is 19.1. The van der Waals surface area contributed by atoms with Gasteiger partial charge >= 0.3 is 0 Å². The van der Waals surface area contributed by atoms with Crippen LogP contribution < -0.4 is 4.90 Å². The topological polar surface area (TPSA) is 49.5 Å². The summed E-state index contributed by atoms with van der Waals surface area (Å²) in [5, 5.41) is 9.14. The van der Waals surface area contributed by atoms with E-state index in [9.17, 15) is 4.39 Å². The first-order chi connectivity index (χ1) is 6.27. The van der Waals surface area contributed by atoms with Crippen molar-refractivity contribution in [1.29, 1.82) is 0 Å². The van der Waals surface area contributed by atoms with Crippen LogP contribution in [0.4, 0.5) is 10.4 Å². The van der Waals surface area contributed by atoms with Gasteiger partial charge in [0, 0.05) is 6.54 Å². The van der Waals surface area contributed by atoms with Crippen LogP contribution in [0.3, 0.4) is 0 Å². The van der Waals surface area contributed by atoms with Crippen molar-refractivity contribution in [3.8, 4) is 0 Å². The standard InChI is InChI=1S/C8H11FN2O2/c9-6-5-11(3-1-7(6)12)8-10-2-4-13-8/h2,4,6-7,12H,1,3,5H2. The molecule has 1 N–H and O–H groups in total. The molecule has 0 aromatic carbocycles. The highest BCUT2D eigenvalue weighted by Crippen LogP contribution is 2.19. The molecule has 13 heavy (non-hydrogen) atoms. The third-order valence-corrected chi connectivity index (χ3v) is 2.20. The minimum absolute atomic E-state index is 0.154. The molecule has 5 heteroatoms. The molecule has 0 spiro atoms. The Hall–Kier alpha value is -1.10. The molecule has 2 heterocycles. The van der Waals surface area contributed by atoms with Gasteiger partial charge in [0.1, 0.15) is 12.4 Å². The van der Waals surface area contributed by atoms with Crippen molar-refractivity contribution in [1.82, 2.24) is 4.98 Å². The number of aromatic nitrogens is 1. The Morgan fingerprint density at radius 3 is 3.15 bits per heavy atom. The van der Waals surface area contributed by atoms with Crippen molar-refractivity contribution in [3.63, 3.8) is 0 Å². The van der Waals surface area contributed by atoms with E-state index >= 15 is 0 Å². The predicted molar refractivity (Wildman–Crippen MR) is 44.2 cm³/mol. The third kappa shape index (κ3) is 1.65. The van der Waals surface area contributed by atoms with Gasteiger partial charge in [0.2, 0.25) is 0 Å². The van der Waals surface area contributed by atoms with Gasteiger partial charge in [0.05, 0.1) is 18.8 Å². The van der Waals surface area contributed by atoms with Crippen LogP contribution in [0.2, 0.25) is 0 Å². The van der Waals surface area contributed by atoms with Gasteiger partial charge in [0.15, 0.2) is 0 Å². The van der Waals surface area contributed by atoms with Gasteiger partial charge in [-0.05, 0) is 6.42 Å². The highest BCUT2D eigenvalue weighted by Gasteiger charge is 2.29. The molecule has 2 atom stereocenters. The van der Waals surface area contributed by atoms with Crippen molar-refractivity contribution in [2.45, 2.75) is 18.7 Å². The summed E-state index contributed by atoms with van der Waals surface area (Å²) >= 11 is 0. The van der Waals surface area contributed by atoms with Crippen LogP contribution in [0.15, 0.2) is 16.9 Å². The number of piperidine rings is 1. The van der Waals surface area contributed by atoms with Crippen LogP contribution in [0, 0.1) is 0 Å². The van der Waals surface area contributed by atoms with Crippen LogP contribution >= 0.6 is 0 Å². The number of anilines is 1. The van der Waals surface area contributed by atoms with Gasteiger partial charge in [-0.1, -0.05) is 0 Å². The van der Waals surface area contributed by atoms with E-state index in [2.05, 4.69) is 4.98 Å². The molecule has 1 fully saturated rings. The fourth-order valence-corrected chi connectivity index (χ4v) is 1.44. The molecule has 72 valence electrons. The molecular formula is C8H11FN2O2. The Bertz CT molecular complexity index is 265. The summed E-state index contributed by atoms with van der Waals surface area (Å²) in [6.07, 6.45) is 1.34. The molecule has 1 aromatic heterocycles. The first-order valence-corrected chi connectivity index (χ1v) is 4.24. The average Bonchev–Trinajstić information content (AvgIpc) is 2.62.